The predicted octanol–water partition coefficient (Wildman–Crippen LogP) is 2.92. The highest BCUT2D eigenvalue weighted by atomic mass is 16.5. The van der Waals surface area contributed by atoms with Crippen molar-refractivity contribution in [2.75, 3.05) is 7.11 Å². The lowest BCUT2D eigenvalue weighted by atomic mass is 9.45. The topological polar surface area (TPSA) is 41.8 Å². The molecule has 3 aliphatic rings. The molecule has 3 nitrogen and oxygen atoms in total. The minimum Gasteiger partial charge on any atom is -0.411 e. The van der Waals surface area contributed by atoms with Crippen molar-refractivity contribution in [1.29, 1.82) is 0 Å². The molecule has 16 heavy (non-hydrogen) atoms. The standard InChI is InChI=1S/C13H23NO2/c1-8-6-13(16-5)7-11(14-15)12(8,4)9(2)10(13)3/h8-10,15H,6-7H2,1-5H3/b14-11-. The van der Waals surface area contributed by atoms with Gasteiger partial charge in [0, 0.05) is 18.9 Å². The van der Waals surface area contributed by atoms with Gasteiger partial charge in [-0.05, 0) is 24.2 Å². The van der Waals surface area contributed by atoms with Crippen molar-refractivity contribution < 1.29 is 9.94 Å². The van der Waals surface area contributed by atoms with Crippen LogP contribution in [-0.4, -0.2) is 23.6 Å². The lowest BCUT2D eigenvalue weighted by Crippen LogP contribution is -2.64. The molecule has 3 saturated carbocycles. The van der Waals surface area contributed by atoms with Crippen LogP contribution < -0.4 is 0 Å². The maximum atomic E-state index is 9.24. The average molecular weight is 225 g/mol. The first kappa shape index (κ1) is 11.9. The van der Waals surface area contributed by atoms with E-state index in [1.165, 1.54) is 0 Å². The molecule has 0 spiro atoms. The zero-order valence-corrected chi connectivity index (χ0v) is 10.9. The predicted molar refractivity (Wildman–Crippen MR) is 63.8 cm³/mol. The minimum atomic E-state index is -0.113. The van der Waals surface area contributed by atoms with Gasteiger partial charge in [-0.2, -0.15) is 0 Å². The molecule has 2 bridgehead atoms. The number of fused-ring (bicyclic) bond motifs is 3. The fourth-order valence-corrected chi connectivity index (χ4v) is 4.08. The Labute approximate surface area is 97.9 Å². The molecule has 3 heteroatoms. The van der Waals surface area contributed by atoms with E-state index in [1.807, 2.05) is 0 Å². The van der Waals surface area contributed by atoms with Gasteiger partial charge in [0.2, 0.25) is 0 Å². The third-order valence-corrected chi connectivity index (χ3v) is 5.82. The van der Waals surface area contributed by atoms with Crippen molar-refractivity contribution in [3.63, 3.8) is 0 Å². The first-order chi connectivity index (χ1) is 7.42. The second kappa shape index (κ2) is 3.46. The van der Waals surface area contributed by atoms with E-state index in [1.54, 1.807) is 7.11 Å². The second-order valence-corrected chi connectivity index (χ2v) is 5.96. The van der Waals surface area contributed by atoms with Crippen LogP contribution in [-0.2, 0) is 4.74 Å². The summed E-state index contributed by atoms with van der Waals surface area (Å²) in [5, 5.41) is 12.8. The molecular weight excluding hydrogens is 202 g/mol. The SMILES string of the molecule is COC12C/C(=N/O)C(C)(C(C)C1)C(C)C2C. The number of hydrogen-bond acceptors (Lipinski definition) is 3. The van der Waals surface area contributed by atoms with Gasteiger partial charge < -0.3 is 9.94 Å². The molecular formula is C13H23NO2. The largest absolute Gasteiger partial charge is 0.411 e. The molecule has 0 saturated heterocycles. The molecule has 92 valence electrons. The quantitative estimate of drug-likeness (QED) is 0.550. The summed E-state index contributed by atoms with van der Waals surface area (Å²) in [6, 6.07) is 0. The third-order valence-electron chi connectivity index (χ3n) is 5.82. The molecule has 0 radical (unpaired) electrons. The van der Waals surface area contributed by atoms with Crippen LogP contribution in [0.4, 0.5) is 0 Å². The maximum Gasteiger partial charge on any atom is 0.0763 e. The zero-order valence-electron chi connectivity index (χ0n) is 10.9. The summed E-state index contributed by atoms with van der Waals surface area (Å²) in [4.78, 5) is 0. The molecule has 3 fully saturated rings. The Morgan fingerprint density at radius 1 is 1.31 bits per heavy atom. The lowest BCUT2D eigenvalue weighted by Gasteiger charge is -2.62. The number of oxime groups is 1. The molecule has 0 aromatic heterocycles. The Hall–Kier alpha value is -0.570. The Morgan fingerprint density at radius 3 is 2.44 bits per heavy atom. The third kappa shape index (κ3) is 1.15. The fraction of sp³-hybridized carbons (Fsp3) is 0.923. The van der Waals surface area contributed by atoms with Gasteiger partial charge in [0.05, 0.1) is 11.3 Å². The highest BCUT2D eigenvalue weighted by molar-refractivity contribution is 5.93. The van der Waals surface area contributed by atoms with Crippen LogP contribution in [0.1, 0.15) is 40.5 Å². The molecule has 0 heterocycles. The van der Waals surface area contributed by atoms with Gasteiger partial charge in [0.25, 0.3) is 0 Å². The van der Waals surface area contributed by atoms with Crippen LogP contribution in [0.25, 0.3) is 0 Å². The van der Waals surface area contributed by atoms with Crippen LogP contribution >= 0.6 is 0 Å². The van der Waals surface area contributed by atoms with Gasteiger partial charge in [-0.3, -0.25) is 0 Å². The molecule has 5 unspecified atom stereocenters. The van der Waals surface area contributed by atoms with Crippen molar-refractivity contribution in [2.24, 2.45) is 28.3 Å². The summed E-state index contributed by atoms with van der Waals surface area (Å²) >= 11 is 0. The number of hydrogen-bond donors (Lipinski definition) is 1. The summed E-state index contributed by atoms with van der Waals surface area (Å²) in [6.07, 6.45) is 1.86. The first-order valence-corrected chi connectivity index (χ1v) is 6.19. The molecule has 5 atom stereocenters. The van der Waals surface area contributed by atoms with Gasteiger partial charge in [-0.25, -0.2) is 0 Å². The van der Waals surface area contributed by atoms with Crippen LogP contribution in [0.3, 0.4) is 0 Å². The Kier molecular flexibility index (Phi) is 2.57. The summed E-state index contributed by atoms with van der Waals surface area (Å²) in [6.45, 7) is 9.03. The van der Waals surface area contributed by atoms with Gasteiger partial charge >= 0.3 is 0 Å². The average Bonchev–Trinajstić information content (AvgIpc) is 2.28. The van der Waals surface area contributed by atoms with Crippen molar-refractivity contribution in [1.82, 2.24) is 0 Å². The van der Waals surface area contributed by atoms with E-state index in [9.17, 15) is 5.21 Å². The Morgan fingerprint density at radius 2 is 1.94 bits per heavy atom. The van der Waals surface area contributed by atoms with Gasteiger partial charge in [-0.1, -0.05) is 32.9 Å². The van der Waals surface area contributed by atoms with Crippen LogP contribution in [0.2, 0.25) is 0 Å². The highest BCUT2D eigenvalue weighted by Gasteiger charge is 2.62. The van der Waals surface area contributed by atoms with Crippen molar-refractivity contribution in [2.45, 2.75) is 46.1 Å². The molecule has 0 aromatic carbocycles. The van der Waals surface area contributed by atoms with E-state index in [0.717, 1.165) is 18.6 Å². The van der Waals surface area contributed by atoms with Crippen molar-refractivity contribution in [3.8, 4) is 0 Å². The maximum absolute atomic E-state index is 9.24. The summed E-state index contributed by atoms with van der Waals surface area (Å²) < 4.78 is 5.80. The summed E-state index contributed by atoms with van der Waals surface area (Å²) in [5.74, 6) is 1.53. The minimum absolute atomic E-state index is 0.0362. The summed E-state index contributed by atoms with van der Waals surface area (Å²) in [7, 11) is 1.79. The van der Waals surface area contributed by atoms with Crippen molar-refractivity contribution >= 4 is 5.71 Å². The second-order valence-electron chi connectivity index (χ2n) is 5.96. The van der Waals surface area contributed by atoms with Crippen LogP contribution in [0.5, 0.6) is 0 Å². The number of methoxy groups -OCH3 is 1. The Balaban J connectivity index is 2.51. The normalized spacial score (nSPS) is 54.6. The monoisotopic (exact) mass is 225 g/mol. The van der Waals surface area contributed by atoms with Gasteiger partial charge in [0.1, 0.15) is 0 Å². The van der Waals surface area contributed by atoms with E-state index < -0.39 is 0 Å². The van der Waals surface area contributed by atoms with Crippen molar-refractivity contribution in [3.05, 3.63) is 0 Å². The van der Waals surface area contributed by atoms with Gasteiger partial charge in [0.15, 0.2) is 0 Å². The van der Waals surface area contributed by atoms with Crippen LogP contribution in [0, 0.1) is 23.2 Å². The van der Waals surface area contributed by atoms with Gasteiger partial charge in [-0.15, -0.1) is 0 Å². The van der Waals surface area contributed by atoms with E-state index >= 15 is 0 Å². The molecule has 0 aromatic rings. The highest BCUT2D eigenvalue weighted by Crippen LogP contribution is 2.60. The number of ether oxygens (including phenoxy) is 1. The van der Waals surface area contributed by atoms with Crippen LogP contribution in [0.15, 0.2) is 5.16 Å². The number of nitrogens with zero attached hydrogens (tertiary/aromatic N) is 1. The molecule has 3 aliphatic carbocycles. The molecule has 0 aliphatic heterocycles. The number of rotatable bonds is 1. The summed E-state index contributed by atoms with van der Waals surface area (Å²) in [5.41, 5.74) is 0.853. The zero-order chi connectivity index (χ0) is 12.1. The first-order valence-electron chi connectivity index (χ1n) is 6.19. The molecule has 1 N–H and O–H groups in total. The lowest BCUT2D eigenvalue weighted by molar-refractivity contribution is -0.154. The smallest absolute Gasteiger partial charge is 0.0763 e. The Bertz CT molecular complexity index is 328. The van der Waals surface area contributed by atoms with E-state index in [2.05, 4.69) is 32.9 Å². The van der Waals surface area contributed by atoms with E-state index in [0.29, 0.717) is 17.8 Å². The molecule has 0 amide bonds. The van der Waals surface area contributed by atoms with E-state index in [4.69, 9.17) is 4.74 Å². The fourth-order valence-electron chi connectivity index (χ4n) is 4.08. The van der Waals surface area contributed by atoms with E-state index in [-0.39, 0.29) is 11.0 Å². The molecule has 3 rings (SSSR count).